The molecule has 0 aliphatic heterocycles. The van der Waals surface area contributed by atoms with Crippen molar-refractivity contribution in [3.63, 3.8) is 0 Å². The van der Waals surface area contributed by atoms with Crippen molar-refractivity contribution in [2.24, 2.45) is 0 Å². The molecular weight excluding hydrogens is 312 g/mol. The third-order valence-corrected chi connectivity index (χ3v) is 4.45. The molecule has 2 aromatic carbocycles. The van der Waals surface area contributed by atoms with Gasteiger partial charge in [0.25, 0.3) is 10.1 Å². The van der Waals surface area contributed by atoms with Crippen molar-refractivity contribution in [1.29, 1.82) is 0 Å². The molecule has 23 heavy (non-hydrogen) atoms. The molecule has 0 fully saturated rings. The minimum atomic E-state index is -4.23. The number of hydrogen-bond acceptors (Lipinski definition) is 3. The van der Waals surface area contributed by atoms with E-state index in [2.05, 4.69) is 6.92 Å². The number of ether oxygens (including phenoxy) is 1. The van der Waals surface area contributed by atoms with Crippen molar-refractivity contribution in [2.75, 3.05) is 0 Å². The second kappa shape index (κ2) is 8.13. The summed E-state index contributed by atoms with van der Waals surface area (Å²) in [6.45, 7) is 2.18. The highest BCUT2D eigenvalue weighted by atomic mass is 32.2. The predicted molar refractivity (Wildman–Crippen MR) is 90.6 cm³/mol. The fourth-order valence-electron chi connectivity index (χ4n) is 2.38. The van der Waals surface area contributed by atoms with Crippen molar-refractivity contribution in [3.05, 3.63) is 54.1 Å². The van der Waals surface area contributed by atoms with Gasteiger partial charge in [-0.25, -0.2) is 0 Å². The van der Waals surface area contributed by atoms with Crippen LogP contribution >= 0.6 is 0 Å². The van der Waals surface area contributed by atoms with Gasteiger partial charge >= 0.3 is 0 Å². The molecule has 0 saturated heterocycles. The Hall–Kier alpha value is -1.85. The van der Waals surface area contributed by atoms with Crippen molar-refractivity contribution >= 4 is 10.1 Å². The molecule has 2 aromatic rings. The van der Waals surface area contributed by atoms with Gasteiger partial charge in [0, 0.05) is 6.07 Å². The molecule has 0 radical (unpaired) electrons. The summed E-state index contributed by atoms with van der Waals surface area (Å²) in [5, 5.41) is 0. The van der Waals surface area contributed by atoms with Crippen LogP contribution in [0.2, 0.25) is 0 Å². The molecule has 4 nitrogen and oxygen atoms in total. The van der Waals surface area contributed by atoms with Crippen molar-refractivity contribution in [2.45, 2.75) is 43.9 Å². The van der Waals surface area contributed by atoms with Gasteiger partial charge in [0.05, 0.1) is 4.90 Å². The number of para-hydroxylation sites is 1. The number of rotatable bonds is 8. The van der Waals surface area contributed by atoms with Crippen LogP contribution in [0, 0.1) is 0 Å². The molecule has 0 aliphatic rings. The molecule has 5 heteroatoms. The topological polar surface area (TPSA) is 63.6 Å². The van der Waals surface area contributed by atoms with Crippen LogP contribution in [0.4, 0.5) is 0 Å². The molecule has 0 heterocycles. The minimum absolute atomic E-state index is 0.171. The maximum atomic E-state index is 11.2. The second-order valence-corrected chi connectivity index (χ2v) is 6.89. The lowest BCUT2D eigenvalue weighted by atomic mass is 10.1. The van der Waals surface area contributed by atoms with Crippen LogP contribution in [0.3, 0.4) is 0 Å². The Morgan fingerprint density at radius 2 is 1.78 bits per heavy atom. The van der Waals surface area contributed by atoms with Gasteiger partial charge in [-0.15, -0.1) is 0 Å². The molecule has 0 aromatic heterocycles. The van der Waals surface area contributed by atoms with Gasteiger partial charge in [0.1, 0.15) is 11.5 Å². The Balaban J connectivity index is 2.14. The van der Waals surface area contributed by atoms with Crippen molar-refractivity contribution in [3.8, 4) is 11.5 Å². The Labute approximate surface area is 137 Å². The average Bonchev–Trinajstić information content (AvgIpc) is 2.52. The van der Waals surface area contributed by atoms with E-state index in [1.165, 1.54) is 31.4 Å². The largest absolute Gasteiger partial charge is 0.457 e. The summed E-state index contributed by atoms with van der Waals surface area (Å²) in [7, 11) is -4.23. The van der Waals surface area contributed by atoms with E-state index in [0.29, 0.717) is 5.75 Å². The lowest BCUT2D eigenvalue weighted by molar-refractivity contribution is 0.467. The van der Waals surface area contributed by atoms with Crippen LogP contribution in [0.15, 0.2) is 53.4 Å². The van der Waals surface area contributed by atoms with Gasteiger partial charge in [-0.3, -0.25) is 4.55 Å². The number of hydrogen-bond donors (Lipinski definition) is 1. The fourth-order valence-corrected chi connectivity index (χ4v) is 2.89. The molecular formula is C18H22O4S. The summed E-state index contributed by atoms with van der Waals surface area (Å²) in [4.78, 5) is -0.171. The normalized spacial score (nSPS) is 11.4. The van der Waals surface area contributed by atoms with E-state index in [1.807, 2.05) is 24.3 Å². The van der Waals surface area contributed by atoms with Crippen LogP contribution in [-0.2, 0) is 16.5 Å². The maximum Gasteiger partial charge on any atom is 0.294 e. The first kappa shape index (κ1) is 17.5. The van der Waals surface area contributed by atoms with Gasteiger partial charge in [0.2, 0.25) is 0 Å². The van der Waals surface area contributed by atoms with Gasteiger partial charge in [-0.2, -0.15) is 8.42 Å². The predicted octanol–water partition coefficient (Wildman–Crippen LogP) is 4.85. The molecule has 0 unspecified atom stereocenters. The monoisotopic (exact) mass is 334 g/mol. The summed E-state index contributed by atoms with van der Waals surface area (Å²) in [5.74, 6) is 1.11. The van der Waals surface area contributed by atoms with E-state index in [1.54, 1.807) is 12.1 Å². The van der Waals surface area contributed by atoms with Gasteiger partial charge in [-0.1, -0.05) is 50.5 Å². The number of aryl methyl sites for hydroxylation is 1. The summed E-state index contributed by atoms with van der Waals surface area (Å²) < 4.78 is 37.4. The minimum Gasteiger partial charge on any atom is -0.457 e. The van der Waals surface area contributed by atoms with Crippen molar-refractivity contribution < 1.29 is 17.7 Å². The molecule has 0 bridgehead atoms. The first-order valence-corrected chi connectivity index (χ1v) is 9.28. The van der Waals surface area contributed by atoms with Gasteiger partial charge < -0.3 is 4.74 Å². The molecule has 2 rings (SSSR count). The van der Waals surface area contributed by atoms with Gasteiger partial charge in [0.15, 0.2) is 0 Å². The molecule has 0 amide bonds. The molecule has 124 valence electrons. The quantitative estimate of drug-likeness (QED) is 0.554. The van der Waals surface area contributed by atoms with E-state index >= 15 is 0 Å². The van der Waals surface area contributed by atoms with Crippen LogP contribution in [0.5, 0.6) is 11.5 Å². The van der Waals surface area contributed by atoms with E-state index in [4.69, 9.17) is 9.29 Å². The molecule has 0 atom stereocenters. The van der Waals surface area contributed by atoms with Crippen LogP contribution in [-0.4, -0.2) is 13.0 Å². The lowest BCUT2D eigenvalue weighted by Gasteiger charge is -2.11. The zero-order valence-corrected chi connectivity index (χ0v) is 14.1. The van der Waals surface area contributed by atoms with E-state index < -0.39 is 10.1 Å². The molecule has 0 aliphatic carbocycles. The molecule has 1 N–H and O–H groups in total. The Kier molecular flexibility index (Phi) is 6.19. The summed E-state index contributed by atoms with van der Waals surface area (Å²) >= 11 is 0. The van der Waals surface area contributed by atoms with E-state index in [0.717, 1.165) is 24.2 Å². The highest BCUT2D eigenvalue weighted by molar-refractivity contribution is 7.85. The number of unbranched alkanes of at least 4 members (excludes halogenated alkanes) is 3. The molecule has 0 saturated carbocycles. The Bertz CT molecular complexity index is 738. The summed E-state index contributed by atoms with van der Waals surface area (Å²) in [5.41, 5.74) is 1.10. The second-order valence-electron chi connectivity index (χ2n) is 5.47. The summed E-state index contributed by atoms with van der Waals surface area (Å²) in [6.07, 6.45) is 5.62. The van der Waals surface area contributed by atoms with E-state index in [9.17, 15) is 8.42 Å². The SMILES string of the molecule is CCCCCCc1ccccc1Oc1cccc(S(=O)(=O)O)c1. The smallest absolute Gasteiger partial charge is 0.294 e. The fraction of sp³-hybridized carbons (Fsp3) is 0.333. The zero-order chi connectivity index (χ0) is 16.7. The molecule has 0 spiro atoms. The average molecular weight is 334 g/mol. The highest BCUT2D eigenvalue weighted by Gasteiger charge is 2.11. The zero-order valence-electron chi connectivity index (χ0n) is 13.2. The first-order valence-electron chi connectivity index (χ1n) is 7.84. The summed E-state index contributed by atoms with van der Waals surface area (Å²) in [6, 6.07) is 13.6. The third kappa shape index (κ3) is 5.37. The Morgan fingerprint density at radius 1 is 1.00 bits per heavy atom. The third-order valence-electron chi connectivity index (χ3n) is 3.60. The standard InChI is InChI=1S/C18H22O4S/c1-2-3-4-5-9-15-10-6-7-13-18(15)22-16-11-8-12-17(14-16)23(19,20)21/h6-8,10-14H,2-5,9H2,1H3,(H,19,20,21). The van der Waals surface area contributed by atoms with Gasteiger partial charge in [-0.05, 0) is 36.6 Å². The van der Waals surface area contributed by atoms with Crippen LogP contribution < -0.4 is 4.74 Å². The lowest BCUT2D eigenvalue weighted by Crippen LogP contribution is -1.98. The highest BCUT2D eigenvalue weighted by Crippen LogP contribution is 2.28. The van der Waals surface area contributed by atoms with Crippen LogP contribution in [0.25, 0.3) is 0 Å². The first-order chi connectivity index (χ1) is 11.0. The Morgan fingerprint density at radius 3 is 2.52 bits per heavy atom. The maximum absolute atomic E-state index is 11.2. The van der Waals surface area contributed by atoms with Crippen molar-refractivity contribution in [1.82, 2.24) is 0 Å². The van der Waals surface area contributed by atoms with E-state index in [-0.39, 0.29) is 4.90 Å². The van der Waals surface area contributed by atoms with Crippen LogP contribution in [0.1, 0.15) is 38.2 Å². The number of benzene rings is 2.